The van der Waals surface area contributed by atoms with Crippen molar-refractivity contribution in [1.82, 2.24) is 4.90 Å². The summed E-state index contributed by atoms with van der Waals surface area (Å²) in [7, 11) is 3.05. The second-order valence-electron chi connectivity index (χ2n) is 5.79. The molecule has 0 bridgehead atoms. The number of thioether (sulfide) groups is 1. The minimum absolute atomic E-state index is 0.223. The second-order valence-corrected chi connectivity index (χ2v) is 6.78. The Morgan fingerprint density at radius 2 is 1.86 bits per heavy atom. The smallest absolute Gasteiger partial charge is 0.294 e. The molecule has 2 aromatic carbocycles. The summed E-state index contributed by atoms with van der Waals surface area (Å²) in [5, 5.41) is 2.16. The molecule has 0 aliphatic carbocycles. The van der Waals surface area contributed by atoms with Gasteiger partial charge in [0.05, 0.1) is 19.1 Å². The number of benzene rings is 2. The van der Waals surface area contributed by atoms with Crippen LogP contribution in [0.25, 0.3) is 6.08 Å². The normalized spacial score (nSPS) is 15.1. The van der Waals surface area contributed by atoms with Gasteiger partial charge in [0.2, 0.25) is 5.91 Å². The number of methoxy groups -OCH3 is 2. The molecule has 1 aliphatic rings. The van der Waals surface area contributed by atoms with Crippen LogP contribution in [0.5, 0.6) is 11.5 Å². The fraction of sp³-hybridized carbons (Fsp3) is 0.150. The Balaban J connectivity index is 1.74. The van der Waals surface area contributed by atoms with E-state index in [1.807, 2.05) is 6.07 Å². The first-order valence-corrected chi connectivity index (χ1v) is 9.15. The van der Waals surface area contributed by atoms with Gasteiger partial charge in [-0.25, -0.2) is 0 Å². The Morgan fingerprint density at radius 1 is 1.11 bits per heavy atom. The molecule has 28 heavy (non-hydrogen) atoms. The number of nitrogens with one attached hydrogen (secondary N) is 1. The van der Waals surface area contributed by atoms with Crippen molar-refractivity contribution >= 4 is 40.6 Å². The van der Waals surface area contributed by atoms with Crippen LogP contribution in [-0.2, 0) is 9.59 Å². The van der Waals surface area contributed by atoms with Crippen LogP contribution in [0.2, 0.25) is 0 Å². The van der Waals surface area contributed by atoms with Crippen LogP contribution < -0.4 is 14.8 Å². The number of imide groups is 1. The number of rotatable bonds is 6. The fourth-order valence-corrected chi connectivity index (χ4v) is 3.41. The number of amides is 3. The largest absolute Gasteiger partial charge is 0.497 e. The fourth-order valence-electron chi connectivity index (χ4n) is 2.58. The maximum atomic E-state index is 12.6. The monoisotopic (exact) mass is 398 g/mol. The van der Waals surface area contributed by atoms with Crippen molar-refractivity contribution in [2.75, 3.05) is 26.1 Å². The van der Waals surface area contributed by atoms with Gasteiger partial charge in [-0.15, -0.1) is 0 Å². The maximum Gasteiger partial charge on any atom is 0.294 e. The van der Waals surface area contributed by atoms with Gasteiger partial charge in [-0.2, -0.15) is 0 Å². The van der Waals surface area contributed by atoms with Gasteiger partial charge >= 0.3 is 0 Å². The number of carbonyl (C=O) groups is 3. The summed E-state index contributed by atoms with van der Waals surface area (Å²) in [6.45, 7) is -0.351. The van der Waals surface area contributed by atoms with E-state index in [9.17, 15) is 14.4 Å². The molecule has 0 saturated carbocycles. The summed E-state index contributed by atoms with van der Waals surface area (Å²) in [6.07, 6.45) is 1.57. The lowest BCUT2D eigenvalue weighted by molar-refractivity contribution is -0.127. The molecule has 1 saturated heterocycles. The van der Waals surface area contributed by atoms with Crippen molar-refractivity contribution in [3.63, 3.8) is 0 Å². The van der Waals surface area contributed by atoms with Crippen molar-refractivity contribution < 1.29 is 23.9 Å². The molecule has 1 fully saturated rings. The zero-order valence-corrected chi connectivity index (χ0v) is 16.1. The molecule has 0 radical (unpaired) electrons. The van der Waals surface area contributed by atoms with Gasteiger partial charge in [0.15, 0.2) is 0 Å². The van der Waals surface area contributed by atoms with Crippen molar-refractivity contribution in [3.05, 3.63) is 59.0 Å². The summed E-state index contributed by atoms with van der Waals surface area (Å²) in [5.41, 5.74) is 1.22. The van der Waals surface area contributed by atoms with Gasteiger partial charge < -0.3 is 14.8 Å². The first-order valence-electron chi connectivity index (χ1n) is 8.34. The summed E-state index contributed by atoms with van der Waals surface area (Å²) >= 11 is 0.786. The minimum atomic E-state index is -0.518. The van der Waals surface area contributed by atoms with Crippen LogP contribution in [-0.4, -0.2) is 42.7 Å². The van der Waals surface area contributed by atoms with Gasteiger partial charge in [-0.05, 0) is 42.1 Å². The molecule has 0 spiro atoms. The first kappa shape index (κ1) is 19.5. The molecule has 1 aliphatic heterocycles. The van der Waals surface area contributed by atoms with E-state index < -0.39 is 17.1 Å². The van der Waals surface area contributed by atoms with E-state index >= 15 is 0 Å². The molecule has 0 atom stereocenters. The average Bonchev–Trinajstić information content (AvgIpc) is 2.96. The third kappa shape index (κ3) is 4.34. The van der Waals surface area contributed by atoms with Crippen LogP contribution in [0, 0.1) is 0 Å². The van der Waals surface area contributed by atoms with Gasteiger partial charge in [-0.3, -0.25) is 19.3 Å². The van der Waals surface area contributed by atoms with Crippen LogP contribution in [0.1, 0.15) is 5.56 Å². The van der Waals surface area contributed by atoms with Crippen LogP contribution in [0.4, 0.5) is 10.5 Å². The Kier molecular flexibility index (Phi) is 6.00. The third-order valence-corrected chi connectivity index (χ3v) is 4.87. The standard InChI is InChI=1S/C20H18N2O5S/c1-26-15-9-8-13(16(11-15)27-2)10-17-19(24)22(20(25)28-17)12-18(23)21-14-6-4-3-5-7-14/h3-11H,12H2,1-2H3,(H,21,23)/b17-10-. The number of nitrogens with zero attached hydrogens (tertiary/aromatic N) is 1. The number of carbonyl (C=O) groups excluding carboxylic acids is 3. The number of ether oxygens (including phenoxy) is 2. The Hall–Kier alpha value is -3.26. The molecular weight excluding hydrogens is 380 g/mol. The molecule has 3 rings (SSSR count). The van der Waals surface area contributed by atoms with Crippen LogP contribution >= 0.6 is 11.8 Å². The van der Waals surface area contributed by atoms with Gasteiger partial charge in [0.1, 0.15) is 18.0 Å². The quantitative estimate of drug-likeness (QED) is 0.751. The van der Waals surface area contributed by atoms with Gasteiger partial charge in [-0.1, -0.05) is 18.2 Å². The topological polar surface area (TPSA) is 84.9 Å². The summed E-state index contributed by atoms with van der Waals surface area (Å²) in [4.78, 5) is 38.1. The predicted molar refractivity (Wildman–Crippen MR) is 107 cm³/mol. The van der Waals surface area contributed by atoms with E-state index in [0.717, 1.165) is 16.7 Å². The van der Waals surface area contributed by atoms with Crippen molar-refractivity contribution in [1.29, 1.82) is 0 Å². The Labute approximate surface area is 166 Å². The zero-order valence-electron chi connectivity index (χ0n) is 15.3. The molecule has 8 heteroatoms. The van der Waals surface area contributed by atoms with E-state index in [1.165, 1.54) is 7.11 Å². The lowest BCUT2D eigenvalue weighted by atomic mass is 10.1. The van der Waals surface area contributed by atoms with Crippen molar-refractivity contribution in [2.45, 2.75) is 0 Å². The maximum absolute atomic E-state index is 12.6. The third-order valence-electron chi connectivity index (χ3n) is 3.96. The Bertz CT molecular complexity index is 943. The van der Waals surface area contributed by atoms with Crippen LogP contribution in [0.3, 0.4) is 0 Å². The highest BCUT2D eigenvalue weighted by Gasteiger charge is 2.36. The van der Waals surface area contributed by atoms with E-state index in [4.69, 9.17) is 9.47 Å². The molecule has 0 aromatic heterocycles. The molecule has 7 nitrogen and oxygen atoms in total. The lowest BCUT2D eigenvalue weighted by Gasteiger charge is -2.12. The van der Waals surface area contributed by atoms with Crippen molar-refractivity contribution in [3.8, 4) is 11.5 Å². The lowest BCUT2D eigenvalue weighted by Crippen LogP contribution is -2.36. The molecule has 2 aromatic rings. The van der Waals surface area contributed by atoms with Crippen LogP contribution in [0.15, 0.2) is 53.4 Å². The molecule has 144 valence electrons. The summed E-state index contributed by atoms with van der Waals surface area (Å²) < 4.78 is 10.5. The van der Waals surface area contributed by atoms with E-state index in [0.29, 0.717) is 22.7 Å². The predicted octanol–water partition coefficient (Wildman–Crippen LogP) is 3.38. The number of para-hydroxylation sites is 1. The van der Waals surface area contributed by atoms with Gasteiger partial charge in [0, 0.05) is 17.3 Å². The van der Waals surface area contributed by atoms with E-state index in [2.05, 4.69) is 5.32 Å². The summed E-state index contributed by atoms with van der Waals surface area (Å²) in [6, 6.07) is 14.0. The zero-order chi connectivity index (χ0) is 20.1. The Morgan fingerprint density at radius 3 is 2.54 bits per heavy atom. The van der Waals surface area contributed by atoms with Gasteiger partial charge in [0.25, 0.3) is 11.1 Å². The first-order chi connectivity index (χ1) is 13.5. The van der Waals surface area contributed by atoms with E-state index in [-0.39, 0.29) is 11.4 Å². The summed E-state index contributed by atoms with van der Waals surface area (Å²) in [5.74, 6) is 0.153. The highest BCUT2D eigenvalue weighted by atomic mass is 32.2. The van der Waals surface area contributed by atoms with Crippen molar-refractivity contribution in [2.24, 2.45) is 0 Å². The molecule has 0 unspecified atom stereocenters. The minimum Gasteiger partial charge on any atom is -0.497 e. The molecule has 1 heterocycles. The number of hydrogen-bond donors (Lipinski definition) is 1. The molecular formula is C20H18N2O5S. The second kappa shape index (κ2) is 8.62. The highest BCUT2D eigenvalue weighted by molar-refractivity contribution is 8.18. The number of anilines is 1. The molecule has 1 N–H and O–H groups in total. The highest BCUT2D eigenvalue weighted by Crippen LogP contribution is 2.34. The number of hydrogen-bond acceptors (Lipinski definition) is 6. The SMILES string of the molecule is COc1ccc(/C=C2\SC(=O)N(CC(=O)Nc3ccccc3)C2=O)c(OC)c1. The molecule has 3 amide bonds. The average molecular weight is 398 g/mol. The van der Waals surface area contributed by atoms with E-state index in [1.54, 1.807) is 55.7 Å².